The molecule has 2 atom stereocenters. The Morgan fingerprint density at radius 1 is 1.28 bits per heavy atom. The summed E-state index contributed by atoms with van der Waals surface area (Å²) < 4.78 is 0. The van der Waals surface area contributed by atoms with Gasteiger partial charge in [-0.3, -0.25) is 14.6 Å². The molecule has 0 radical (unpaired) electrons. The maximum Gasteiger partial charge on any atom is 0.252 e. The van der Waals surface area contributed by atoms with Crippen LogP contribution >= 0.6 is 0 Å². The Morgan fingerprint density at radius 2 is 2.00 bits per heavy atom. The standard InChI is InChI=1S/C17H22N6O2/c1-10(24)22-6-11-8-23(9-12(11)7-22)21-16-13-2-3-19-5-15(13)20-4-14(16)17(18)25/h2-4,11-12,19H,5-9H2,1H3,(H2,18,25)(H,20,21). The second kappa shape index (κ2) is 6.03. The van der Waals surface area contributed by atoms with Crippen molar-refractivity contribution in [2.75, 3.05) is 31.6 Å². The zero-order valence-electron chi connectivity index (χ0n) is 14.2. The van der Waals surface area contributed by atoms with E-state index in [2.05, 4.69) is 20.7 Å². The quantitative estimate of drug-likeness (QED) is 0.714. The number of hydrazine groups is 1. The second-order valence-corrected chi connectivity index (χ2v) is 6.95. The maximum absolute atomic E-state index is 11.8. The van der Waals surface area contributed by atoms with Crippen molar-refractivity contribution in [1.82, 2.24) is 20.2 Å². The number of nitrogens with one attached hydrogen (secondary N) is 2. The average Bonchev–Trinajstić information content (AvgIpc) is 3.13. The monoisotopic (exact) mass is 342 g/mol. The molecular weight excluding hydrogens is 320 g/mol. The molecule has 0 spiro atoms. The van der Waals surface area contributed by atoms with Crippen LogP contribution in [-0.4, -0.2) is 52.9 Å². The minimum Gasteiger partial charge on any atom is -0.385 e. The van der Waals surface area contributed by atoms with E-state index in [4.69, 9.17) is 5.73 Å². The minimum atomic E-state index is -0.494. The Kier molecular flexibility index (Phi) is 3.84. The molecule has 2 amide bonds. The van der Waals surface area contributed by atoms with Gasteiger partial charge in [0, 0.05) is 44.9 Å². The molecule has 132 valence electrons. The predicted octanol–water partition coefficient (Wildman–Crippen LogP) is -0.00860. The maximum atomic E-state index is 11.8. The number of amides is 2. The molecule has 0 bridgehead atoms. The number of pyridine rings is 1. The van der Waals surface area contributed by atoms with Gasteiger partial charge in [-0.05, 0) is 24.1 Å². The molecule has 8 nitrogen and oxygen atoms in total. The van der Waals surface area contributed by atoms with E-state index in [9.17, 15) is 9.59 Å². The smallest absolute Gasteiger partial charge is 0.252 e. The van der Waals surface area contributed by atoms with Crippen molar-refractivity contribution in [1.29, 1.82) is 0 Å². The number of carbonyl (C=O) groups excluding carboxylic acids is 2. The normalized spacial score (nSPS) is 24.6. The number of rotatable bonds is 3. The van der Waals surface area contributed by atoms with Crippen LogP contribution in [0.3, 0.4) is 0 Å². The van der Waals surface area contributed by atoms with E-state index in [-0.39, 0.29) is 5.91 Å². The van der Waals surface area contributed by atoms with Crippen molar-refractivity contribution in [3.63, 3.8) is 0 Å². The van der Waals surface area contributed by atoms with Gasteiger partial charge in [-0.1, -0.05) is 0 Å². The number of likely N-dealkylation sites (tertiary alicyclic amines) is 1. The van der Waals surface area contributed by atoms with Crippen LogP contribution in [0.25, 0.3) is 6.08 Å². The molecular formula is C17H22N6O2. The molecule has 3 aliphatic rings. The summed E-state index contributed by atoms with van der Waals surface area (Å²) >= 11 is 0. The first-order chi connectivity index (χ1) is 12.0. The number of nitrogens with zero attached hydrogens (tertiary/aromatic N) is 3. The molecule has 4 heterocycles. The highest BCUT2D eigenvalue weighted by Crippen LogP contribution is 2.33. The molecule has 1 aromatic rings. The van der Waals surface area contributed by atoms with E-state index in [1.54, 1.807) is 13.1 Å². The fourth-order valence-electron chi connectivity index (χ4n) is 3.99. The van der Waals surface area contributed by atoms with E-state index >= 15 is 0 Å². The summed E-state index contributed by atoms with van der Waals surface area (Å²) in [6, 6.07) is 0. The predicted molar refractivity (Wildman–Crippen MR) is 93.1 cm³/mol. The van der Waals surface area contributed by atoms with Crippen molar-refractivity contribution in [3.05, 3.63) is 29.2 Å². The highest BCUT2D eigenvalue weighted by molar-refractivity contribution is 6.00. The van der Waals surface area contributed by atoms with Crippen molar-refractivity contribution < 1.29 is 9.59 Å². The van der Waals surface area contributed by atoms with Crippen molar-refractivity contribution >= 4 is 23.6 Å². The number of hydrogen-bond acceptors (Lipinski definition) is 6. The van der Waals surface area contributed by atoms with Gasteiger partial charge in [0.15, 0.2) is 0 Å². The second-order valence-electron chi connectivity index (χ2n) is 6.95. The Hall–Kier alpha value is -2.61. The summed E-state index contributed by atoms with van der Waals surface area (Å²) in [5.41, 5.74) is 11.8. The van der Waals surface area contributed by atoms with E-state index in [0.29, 0.717) is 23.9 Å². The topological polar surface area (TPSA) is 104 Å². The van der Waals surface area contributed by atoms with E-state index < -0.39 is 5.91 Å². The number of aromatic nitrogens is 1. The number of carbonyl (C=O) groups is 2. The van der Waals surface area contributed by atoms with Crippen LogP contribution < -0.4 is 16.5 Å². The highest BCUT2D eigenvalue weighted by atomic mass is 16.2. The first-order valence-electron chi connectivity index (χ1n) is 8.51. The van der Waals surface area contributed by atoms with E-state index in [1.807, 2.05) is 17.2 Å². The van der Waals surface area contributed by atoms with Gasteiger partial charge in [0.05, 0.1) is 23.5 Å². The molecule has 0 saturated carbocycles. The lowest BCUT2D eigenvalue weighted by atomic mass is 10.0. The van der Waals surface area contributed by atoms with Gasteiger partial charge in [0.1, 0.15) is 0 Å². The van der Waals surface area contributed by atoms with Gasteiger partial charge < -0.3 is 21.4 Å². The largest absolute Gasteiger partial charge is 0.385 e. The number of hydrogen-bond donors (Lipinski definition) is 3. The van der Waals surface area contributed by atoms with Gasteiger partial charge in [-0.2, -0.15) is 0 Å². The van der Waals surface area contributed by atoms with Gasteiger partial charge >= 0.3 is 0 Å². The Labute approximate surface area is 146 Å². The molecule has 2 saturated heterocycles. The number of anilines is 1. The Bertz CT molecular complexity index is 748. The SMILES string of the molecule is CC(=O)N1CC2CN(Nc3c(C(N)=O)cnc4c3C=CNC4)CC2C1. The van der Waals surface area contributed by atoms with Crippen LogP contribution in [0.2, 0.25) is 0 Å². The fraction of sp³-hybridized carbons (Fsp3) is 0.471. The third kappa shape index (κ3) is 2.82. The lowest BCUT2D eigenvalue weighted by molar-refractivity contribution is -0.128. The Morgan fingerprint density at radius 3 is 2.64 bits per heavy atom. The first kappa shape index (κ1) is 15.9. The van der Waals surface area contributed by atoms with Crippen molar-refractivity contribution in [2.45, 2.75) is 13.5 Å². The Balaban J connectivity index is 1.55. The van der Waals surface area contributed by atoms with E-state index in [0.717, 1.165) is 43.1 Å². The van der Waals surface area contributed by atoms with Crippen LogP contribution in [0.4, 0.5) is 5.69 Å². The lowest BCUT2D eigenvalue weighted by Gasteiger charge is -2.25. The molecule has 0 aromatic carbocycles. The summed E-state index contributed by atoms with van der Waals surface area (Å²) in [5.74, 6) is 0.573. The fourth-order valence-corrected chi connectivity index (χ4v) is 3.99. The van der Waals surface area contributed by atoms with Crippen LogP contribution in [0.15, 0.2) is 12.4 Å². The van der Waals surface area contributed by atoms with Gasteiger partial charge in [-0.15, -0.1) is 0 Å². The molecule has 1 aromatic heterocycles. The number of primary amides is 1. The summed E-state index contributed by atoms with van der Waals surface area (Å²) in [7, 11) is 0. The van der Waals surface area contributed by atoms with Crippen LogP contribution in [0, 0.1) is 11.8 Å². The summed E-state index contributed by atoms with van der Waals surface area (Å²) in [4.78, 5) is 29.7. The third-order valence-electron chi connectivity index (χ3n) is 5.30. The van der Waals surface area contributed by atoms with Crippen LogP contribution in [0.1, 0.15) is 28.5 Å². The zero-order valence-corrected chi connectivity index (χ0v) is 14.2. The molecule has 8 heteroatoms. The summed E-state index contributed by atoms with van der Waals surface area (Å²) in [5, 5.41) is 5.25. The average molecular weight is 342 g/mol. The minimum absolute atomic E-state index is 0.144. The lowest BCUT2D eigenvalue weighted by Crippen LogP contribution is -2.35. The molecule has 0 aliphatic carbocycles. The van der Waals surface area contributed by atoms with Crippen LogP contribution in [0.5, 0.6) is 0 Å². The van der Waals surface area contributed by atoms with Gasteiger partial charge in [-0.25, -0.2) is 5.01 Å². The summed E-state index contributed by atoms with van der Waals surface area (Å²) in [6.07, 6.45) is 5.30. The summed E-state index contributed by atoms with van der Waals surface area (Å²) in [6.45, 7) is 5.54. The molecule has 4 rings (SSSR count). The molecule has 2 unspecified atom stereocenters. The van der Waals surface area contributed by atoms with Gasteiger partial charge in [0.2, 0.25) is 5.91 Å². The highest BCUT2D eigenvalue weighted by Gasteiger charge is 2.41. The molecule has 3 aliphatic heterocycles. The number of nitrogens with two attached hydrogens (primary N) is 1. The third-order valence-corrected chi connectivity index (χ3v) is 5.30. The van der Waals surface area contributed by atoms with E-state index in [1.165, 1.54) is 0 Å². The molecule has 2 fully saturated rings. The zero-order chi connectivity index (χ0) is 17.6. The molecule has 25 heavy (non-hydrogen) atoms. The van der Waals surface area contributed by atoms with Crippen LogP contribution in [-0.2, 0) is 11.3 Å². The first-order valence-corrected chi connectivity index (χ1v) is 8.51. The van der Waals surface area contributed by atoms with Crippen molar-refractivity contribution in [3.8, 4) is 0 Å². The van der Waals surface area contributed by atoms with Crippen molar-refractivity contribution in [2.24, 2.45) is 17.6 Å². The van der Waals surface area contributed by atoms with Gasteiger partial charge in [0.25, 0.3) is 5.91 Å². The molecule has 4 N–H and O–H groups in total. The number of fused-ring (bicyclic) bond motifs is 2.